The van der Waals surface area contributed by atoms with E-state index in [4.69, 9.17) is 50.8 Å². The molecule has 212 valence electrons. The zero-order valence-corrected chi connectivity index (χ0v) is 24.5. The van der Waals surface area contributed by atoms with Gasteiger partial charge in [0, 0.05) is 50.0 Å². The molecular formula is C27H27Cl4N5O4. The second-order valence-corrected chi connectivity index (χ2v) is 11.8. The SMILES string of the molecule is Cn1ncc(Cl)c1-c1cc(C(=O)N[C@@H]2CNC(CC(=O)NC(=O)C3CCC3)C[C@H]2c2ccc(Cl)c(Cl)c2)oc1Cl. The third-order valence-electron chi connectivity index (χ3n) is 7.57. The van der Waals surface area contributed by atoms with Gasteiger partial charge in [-0.15, -0.1) is 0 Å². The van der Waals surface area contributed by atoms with Crippen molar-refractivity contribution in [3.63, 3.8) is 0 Å². The summed E-state index contributed by atoms with van der Waals surface area (Å²) in [5.74, 6) is -1.27. The van der Waals surface area contributed by atoms with Gasteiger partial charge in [0.2, 0.25) is 17.0 Å². The van der Waals surface area contributed by atoms with Gasteiger partial charge >= 0.3 is 0 Å². The van der Waals surface area contributed by atoms with Gasteiger partial charge in [0.1, 0.15) is 0 Å². The Kier molecular flexibility index (Phi) is 8.78. The van der Waals surface area contributed by atoms with Crippen LogP contribution < -0.4 is 16.0 Å². The molecule has 1 aliphatic heterocycles. The summed E-state index contributed by atoms with van der Waals surface area (Å²) in [5, 5.41) is 14.2. The average Bonchev–Trinajstić information content (AvgIpc) is 3.41. The van der Waals surface area contributed by atoms with Crippen LogP contribution in [0.25, 0.3) is 11.3 Å². The number of hydrogen-bond acceptors (Lipinski definition) is 6. The summed E-state index contributed by atoms with van der Waals surface area (Å²) < 4.78 is 7.13. The van der Waals surface area contributed by atoms with Gasteiger partial charge in [0.05, 0.1) is 32.5 Å². The first-order valence-corrected chi connectivity index (χ1v) is 14.4. The highest BCUT2D eigenvalue weighted by molar-refractivity contribution is 6.42. The fraction of sp³-hybridized carbons (Fsp3) is 0.407. The molecule has 2 aliphatic rings. The second kappa shape index (κ2) is 12.1. The number of benzene rings is 1. The summed E-state index contributed by atoms with van der Waals surface area (Å²) in [5.41, 5.74) is 1.83. The van der Waals surface area contributed by atoms with Crippen LogP contribution in [0, 0.1) is 5.92 Å². The maximum absolute atomic E-state index is 13.3. The van der Waals surface area contributed by atoms with Crippen LogP contribution in [-0.2, 0) is 16.6 Å². The highest BCUT2D eigenvalue weighted by Gasteiger charge is 2.35. The van der Waals surface area contributed by atoms with Crippen molar-refractivity contribution in [3.05, 3.63) is 62.1 Å². The smallest absolute Gasteiger partial charge is 0.287 e. The lowest BCUT2D eigenvalue weighted by molar-refractivity contribution is -0.134. The number of furan rings is 1. The predicted octanol–water partition coefficient (Wildman–Crippen LogP) is 5.37. The fourth-order valence-electron chi connectivity index (χ4n) is 5.19. The number of carbonyl (C=O) groups is 3. The van der Waals surface area contributed by atoms with E-state index in [1.807, 2.05) is 6.07 Å². The zero-order chi connectivity index (χ0) is 28.6. The van der Waals surface area contributed by atoms with E-state index in [9.17, 15) is 14.4 Å². The molecule has 2 fully saturated rings. The Hall–Kier alpha value is -2.56. The van der Waals surface area contributed by atoms with Crippen molar-refractivity contribution in [3.8, 4) is 11.3 Å². The maximum Gasteiger partial charge on any atom is 0.287 e. The molecule has 1 aliphatic carbocycles. The van der Waals surface area contributed by atoms with Crippen LogP contribution in [0.4, 0.5) is 0 Å². The van der Waals surface area contributed by atoms with Crippen molar-refractivity contribution in [1.82, 2.24) is 25.7 Å². The van der Waals surface area contributed by atoms with Crippen LogP contribution in [0.2, 0.25) is 20.3 Å². The lowest BCUT2D eigenvalue weighted by atomic mass is 9.81. The number of imide groups is 1. The van der Waals surface area contributed by atoms with Crippen LogP contribution in [0.15, 0.2) is 34.9 Å². The van der Waals surface area contributed by atoms with Gasteiger partial charge < -0.3 is 15.1 Å². The number of nitrogens with zero attached hydrogens (tertiary/aromatic N) is 2. The highest BCUT2D eigenvalue weighted by Crippen LogP contribution is 2.36. The Balaban J connectivity index is 1.32. The van der Waals surface area contributed by atoms with E-state index in [0.29, 0.717) is 39.3 Å². The molecule has 3 heterocycles. The number of piperidine rings is 1. The normalized spacial score (nSPS) is 21.1. The predicted molar refractivity (Wildman–Crippen MR) is 153 cm³/mol. The molecule has 0 radical (unpaired) electrons. The van der Waals surface area contributed by atoms with Gasteiger partial charge in [-0.25, -0.2) is 0 Å². The van der Waals surface area contributed by atoms with Gasteiger partial charge in [0.25, 0.3) is 5.91 Å². The minimum atomic E-state index is -0.467. The minimum Gasteiger partial charge on any atom is -0.439 e. The number of aromatic nitrogens is 2. The molecule has 0 bridgehead atoms. The molecule has 40 heavy (non-hydrogen) atoms. The first-order chi connectivity index (χ1) is 19.1. The van der Waals surface area contributed by atoms with E-state index in [1.165, 1.54) is 12.3 Å². The van der Waals surface area contributed by atoms with E-state index in [-0.39, 0.29) is 53.1 Å². The second-order valence-electron chi connectivity index (χ2n) is 10.2. The van der Waals surface area contributed by atoms with Crippen LogP contribution >= 0.6 is 46.4 Å². The maximum atomic E-state index is 13.3. The Labute approximate surface area is 250 Å². The largest absolute Gasteiger partial charge is 0.439 e. The van der Waals surface area contributed by atoms with E-state index in [2.05, 4.69) is 21.0 Å². The number of nitrogens with one attached hydrogen (secondary N) is 3. The molecule has 1 unspecified atom stereocenters. The molecule has 0 spiro atoms. The third-order valence-corrected chi connectivity index (χ3v) is 8.87. The monoisotopic (exact) mass is 625 g/mol. The molecule has 9 nitrogen and oxygen atoms in total. The Morgan fingerprint density at radius 1 is 1.10 bits per heavy atom. The Bertz CT molecular complexity index is 1430. The molecule has 1 saturated heterocycles. The number of aryl methyl sites for hydroxylation is 1. The lowest BCUT2D eigenvalue weighted by Crippen LogP contribution is -2.54. The van der Waals surface area contributed by atoms with Gasteiger partial charge in [-0.1, -0.05) is 47.3 Å². The number of rotatable bonds is 7. The summed E-state index contributed by atoms with van der Waals surface area (Å²) in [4.78, 5) is 38.1. The van der Waals surface area contributed by atoms with Crippen molar-refractivity contribution in [1.29, 1.82) is 0 Å². The van der Waals surface area contributed by atoms with E-state index >= 15 is 0 Å². The van der Waals surface area contributed by atoms with Crippen molar-refractivity contribution < 1.29 is 18.8 Å². The van der Waals surface area contributed by atoms with E-state index in [1.54, 1.807) is 23.9 Å². The molecule has 3 aromatic rings. The standard InChI is InChI=1S/C27H27Cl4N5O4/c1-36-24(20(30)11-33-36)17-10-22(40-25(17)31)27(39)34-21-12-32-15(9-23(37)35-26(38)13-3-2-4-13)8-16(21)14-5-6-18(28)19(29)7-14/h5-7,10-11,13,15-16,21,32H,2-4,8-9,12H2,1H3,(H,34,39)(H,35,37,38)/t15?,16-,21+/m0/s1. The topological polar surface area (TPSA) is 118 Å². The number of hydrogen-bond donors (Lipinski definition) is 3. The van der Waals surface area contributed by atoms with Gasteiger partial charge in [-0.2, -0.15) is 5.10 Å². The van der Waals surface area contributed by atoms with Gasteiger partial charge in [-0.3, -0.25) is 24.4 Å². The lowest BCUT2D eigenvalue weighted by Gasteiger charge is -2.37. The van der Waals surface area contributed by atoms with Crippen LogP contribution in [-0.4, -0.2) is 46.1 Å². The molecule has 1 saturated carbocycles. The number of amides is 3. The molecule has 3 N–H and O–H groups in total. The quantitative estimate of drug-likeness (QED) is 0.324. The van der Waals surface area contributed by atoms with Crippen LogP contribution in [0.1, 0.15) is 54.1 Å². The Morgan fingerprint density at radius 2 is 1.88 bits per heavy atom. The number of halogens is 4. The fourth-order valence-corrected chi connectivity index (χ4v) is 5.99. The molecule has 13 heteroatoms. The molecular weight excluding hydrogens is 600 g/mol. The van der Waals surface area contributed by atoms with E-state index in [0.717, 1.165) is 24.8 Å². The summed E-state index contributed by atoms with van der Waals surface area (Å²) >= 11 is 25.0. The summed E-state index contributed by atoms with van der Waals surface area (Å²) in [7, 11) is 1.71. The first-order valence-electron chi connectivity index (χ1n) is 12.9. The van der Waals surface area contributed by atoms with Crippen molar-refractivity contribution in [2.45, 2.75) is 50.1 Å². The molecule has 3 amide bonds. The van der Waals surface area contributed by atoms with Crippen LogP contribution in [0.5, 0.6) is 0 Å². The van der Waals surface area contributed by atoms with Gasteiger partial charge in [0.15, 0.2) is 5.76 Å². The van der Waals surface area contributed by atoms with Crippen LogP contribution in [0.3, 0.4) is 0 Å². The van der Waals surface area contributed by atoms with Crippen molar-refractivity contribution in [2.75, 3.05) is 6.54 Å². The van der Waals surface area contributed by atoms with Crippen molar-refractivity contribution >= 4 is 64.1 Å². The zero-order valence-electron chi connectivity index (χ0n) is 21.5. The molecule has 1 aromatic carbocycles. The summed E-state index contributed by atoms with van der Waals surface area (Å²) in [6, 6.07) is 6.24. The average molecular weight is 627 g/mol. The highest BCUT2D eigenvalue weighted by atomic mass is 35.5. The number of carbonyl (C=O) groups excluding carboxylic acids is 3. The third kappa shape index (κ3) is 6.19. The first kappa shape index (κ1) is 29.0. The molecule has 3 atom stereocenters. The molecule has 2 aromatic heterocycles. The van der Waals surface area contributed by atoms with Gasteiger partial charge in [-0.05, 0) is 48.6 Å². The van der Waals surface area contributed by atoms with E-state index < -0.39 is 5.91 Å². The minimum absolute atomic E-state index is 0.0148. The molecule has 5 rings (SSSR count). The van der Waals surface area contributed by atoms with Crippen molar-refractivity contribution in [2.24, 2.45) is 13.0 Å². The summed E-state index contributed by atoms with van der Waals surface area (Å²) in [6.07, 6.45) is 4.76. The Morgan fingerprint density at radius 3 is 2.52 bits per heavy atom. The summed E-state index contributed by atoms with van der Waals surface area (Å²) in [6.45, 7) is 0.361.